The summed E-state index contributed by atoms with van der Waals surface area (Å²) in [5.41, 5.74) is 1.73. The van der Waals surface area contributed by atoms with E-state index in [4.69, 9.17) is 5.11 Å². The maximum Gasteiger partial charge on any atom is 0.347 e. The average molecular weight is 293 g/mol. The van der Waals surface area contributed by atoms with Crippen LogP contribution in [0.4, 0.5) is 0 Å². The minimum absolute atomic E-state index is 0.348. The first-order chi connectivity index (χ1) is 9.66. The summed E-state index contributed by atoms with van der Waals surface area (Å²) in [5, 5.41) is 9.82. The van der Waals surface area contributed by atoms with E-state index in [9.17, 15) is 4.79 Å². The van der Waals surface area contributed by atoms with Gasteiger partial charge in [0.2, 0.25) is 0 Å². The zero-order chi connectivity index (χ0) is 15.5. The second kappa shape index (κ2) is 10.1. The summed E-state index contributed by atoms with van der Waals surface area (Å²) in [6.07, 6.45) is 0.576. The van der Waals surface area contributed by atoms with Crippen molar-refractivity contribution >= 4 is 17.3 Å². The smallest absolute Gasteiger partial charge is 0.347 e. The largest absolute Gasteiger partial charge is 0.477 e. The quantitative estimate of drug-likeness (QED) is 0.885. The molecule has 0 amide bonds. The number of rotatable bonds is 3. The predicted molar refractivity (Wildman–Crippen MR) is 85.8 cm³/mol. The molecule has 0 unspecified atom stereocenters. The molecule has 1 aromatic carbocycles. The fourth-order valence-corrected chi connectivity index (χ4v) is 2.32. The molecule has 0 atom stereocenters. The number of carbonyl (C=O) groups is 1. The number of hydrogen-bond donors (Lipinski definition) is 1. The molecule has 110 valence electrons. The van der Waals surface area contributed by atoms with Gasteiger partial charge < -0.3 is 5.11 Å². The van der Waals surface area contributed by atoms with E-state index in [1.54, 1.807) is 0 Å². The van der Waals surface area contributed by atoms with Gasteiger partial charge in [0.05, 0.1) is 10.7 Å². The van der Waals surface area contributed by atoms with Gasteiger partial charge in [-0.05, 0) is 12.5 Å². The second-order valence-corrected chi connectivity index (χ2v) is 4.68. The third kappa shape index (κ3) is 5.53. The molecular weight excluding hydrogens is 270 g/mol. The number of carboxylic acids is 1. The molecule has 0 saturated heterocycles. The van der Waals surface area contributed by atoms with Gasteiger partial charge in [0.25, 0.3) is 0 Å². The topological polar surface area (TPSA) is 50.2 Å². The Hall–Kier alpha value is -1.68. The lowest BCUT2D eigenvalue weighted by Gasteiger charge is -1.98. The van der Waals surface area contributed by atoms with Crippen molar-refractivity contribution in [3.05, 3.63) is 51.5 Å². The van der Waals surface area contributed by atoms with Gasteiger partial charge in [-0.3, -0.25) is 0 Å². The first-order valence-electron chi connectivity index (χ1n) is 6.90. The van der Waals surface area contributed by atoms with Crippen molar-refractivity contribution in [2.24, 2.45) is 0 Å². The zero-order valence-corrected chi connectivity index (χ0v) is 13.6. The van der Waals surface area contributed by atoms with Gasteiger partial charge in [0, 0.05) is 6.42 Å². The Morgan fingerprint density at radius 1 is 1.15 bits per heavy atom. The summed E-state index contributed by atoms with van der Waals surface area (Å²) in [4.78, 5) is 15.6. The fraction of sp³-hybridized carbons (Fsp3) is 0.375. The molecule has 0 aliphatic rings. The lowest BCUT2D eigenvalue weighted by molar-refractivity contribution is 0.0701. The highest BCUT2D eigenvalue weighted by molar-refractivity contribution is 7.13. The van der Waals surface area contributed by atoms with Gasteiger partial charge in [-0.1, -0.05) is 58.0 Å². The number of carboxylic acid groups (broad SMARTS) is 1. The maximum atomic E-state index is 11.0. The predicted octanol–water partition coefficient (Wildman–Crippen LogP) is 4.79. The number of benzene rings is 1. The maximum absolute atomic E-state index is 11.0. The Morgan fingerprint density at radius 2 is 1.70 bits per heavy atom. The standard InChI is InChI=1S/C12H11NO2S.2C2H6/c1-8-13-10(11(16-8)12(14)15)7-9-5-3-2-4-6-9;2*1-2/h2-6H,7H2,1H3,(H,14,15);2*1-2H3. The SMILES string of the molecule is CC.CC.Cc1nc(Cc2ccccc2)c(C(=O)O)s1. The number of nitrogens with zero attached hydrogens (tertiary/aromatic N) is 1. The lowest BCUT2D eigenvalue weighted by atomic mass is 10.1. The van der Waals surface area contributed by atoms with Crippen LogP contribution < -0.4 is 0 Å². The summed E-state index contributed by atoms with van der Waals surface area (Å²) in [6, 6.07) is 9.76. The molecule has 0 fully saturated rings. The Kier molecular flexibility index (Phi) is 9.30. The van der Waals surface area contributed by atoms with Gasteiger partial charge in [-0.25, -0.2) is 9.78 Å². The van der Waals surface area contributed by atoms with Gasteiger partial charge in [-0.2, -0.15) is 0 Å². The molecule has 0 spiro atoms. The summed E-state index contributed by atoms with van der Waals surface area (Å²) in [6.45, 7) is 9.82. The van der Waals surface area contributed by atoms with Crippen LogP contribution in [0.25, 0.3) is 0 Å². The van der Waals surface area contributed by atoms with Crippen LogP contribution in [0.5, 0.6) is 0 Å². The van der Waals surface area contributed by atoms with E-state index in [2.05, 4.69) is 4.98 Å². The van der Waals surface area contributed by atoms with E-state index < -0.39 is 5.97 Å². The molecule has 0 aliphatic heterocycles. The van der Waals surface area contributed by atoms with Gasteiger partial charge in [-0.15, -0.1) is 11.3 Å². The van der Waals surface area contributed by atoms with E-state index >= 15 is 0 Å². The van der Waals surface area contributed by atoms with Crippen molar-refractivity contribution in [3.8, 4) is 0 Å². The molecular formula is C16H23NO2S. The van der Waals surface area contributed by atoms with E-state index in [1.165, 1.54) is 11.3 Å². The third-order valence-corrected chi connectivity index (χ3v) is 3.21. The first-order valence-corrected chi connectivity index (χ1v) is 7.72. The Balaban J connectivity index is 0.000000829. The van der Waals surface area contributed by atoms with Crippen molar-refractivity contribution in [1.82, 2.24) is 4.98 Å². The lowest BCUT2D eigenvalue weighted by Crippen LogP contribution is -1.99. The molecule has 0 saturated carbocycles. The minimum atomic E-state index is -0.892. The van der Waals surface area contributed by atoms with Crippen LogP contribution >= 0.6 is 11.3 Å². The highest BCUT2D eigenvalue weighted by Crippen LogP contribution is 2.20. The fourth-order valence-electron chi connectivity index (χ4n) is 1.55. The monoisotopic (exact) mass is 293 g/mol. The number of aryl methyl sites for hydroxylation is 1. The molecule has 1 aromatic heterocycles. The van der Waals surface area contributed by atoms with Crippen molar-refractivity contribution in [1.29, 1.82) is 0 Å². The summed E-state index contributed by atoms with van der Waals surface area (Å²) in [5.74, 6) is -0.892. The van der Waals surface area contributed by atoms with Crippen molar-refractivity contribution in [2.45, 2.75) is 41.0 Å². The van der Waals surface area contributed by atoms with E-state index in [0.29, 0.717) is 17.0 Å². The number of hydrogen-bond acceptors (Lipinski definition) is 3. The molecule has 2 rings (SSSR count). The molecule has 0 radical (unpaired) electrons. The molecule has 1 N–H and O–H groups in total. The molecule has 0 bridgehead atoms. The molecule has 0 aliphatic carbocycles. The van der Waals surface area contributed by atoms with Crippen LogP contribution in [-0.2, 0) is 6.42 Å². The first kappa shape index (κ1) is 18.3. The van der Waals surface area contributed by atoms with Gasteiger partial charge in [0.15, 0.2) is 0 Å². The van der Waals surface area contributed by atoms with E-state index in [-0.39, 0.29) is 0 Å². The Bertz CT molecular complexity index is 506. The van der Waals surface area contributed by atoms with Crippen LogP contribution in [0, 0.1) is 6.92 Å². The summed E-state index contributed by atoms with van der Waals surface area (Å²) >= 11 is 1.23. The second-order valence-electron chi connectivity index (χ2n) is 3.48. The molecule has 2 aromatic rings. The highest BCUT2D eigenvalue weighted by atomic mass is 32.1. The molecule has 4 heteroatoms. The molecule has 3 nitrogen and oxygen atoms in total. The molecule has 1 heterocycles. The Labute approximate surface area is 125 Å². The minimum Gasteiger partial charge on any atom is -0.477 e. The van der Waals surface area contributed by atoms with Crippen molar-refractivity contribution in [3.63, 3.8) is 0 Å². The Morgan fingerprint density at radius 3 is 2.20 bits per heavy atom. The van der Waals surface area contributed by atoms with Gasteiger partial charge in [0.1, 0.15) is 4.88 Å². The number of thiazole rings is 1. The zero-order valence-electron chi connectivity index (χ0n) is 12.8. The van der Waals surface area contributed by atoms with Crippen LogP contribution in [0.3, 0.4) is 0 Å². The third-order valence-electron chi connectivity index (χ3n) is 2.21. The average Bonchev–Trinajstić information content (AvgIpc) is 2.85. The van der Waals surface area contributed by atoms with Crippen LogP contribution in [0.2, 0.25) is 0 Å². The van der Waals surface area contributed by atoms with E-state index in [0.717, 1.165) is 10.6 Å². The van der Waals surface area contributed by atoms with Crippen LogP contribution in [-0.4, -0.2) is 16.1 Å². The van der Waals surface area contributed by atoms with Crippen molar-refractivity contribution in [2.75, 3.05) is 0 Å². The normalized spacial score (nSPS) is 8.85. The summed E-state index contributed by atoms with van der Waals surface area (Å²) < 4.78 is 0. The van der Waals surface area contributed by atoms with Gasteiger partial charge >= 0.3 is 5.97 Å². The highest BCUT2D eigenvalue weighted by Gasteiger charge is 2.15. The molecule has 20 heavy (non-hydrogen) atoms. The van der Waals surface area contributed by atoms with Crippen molar-refractivity contribution < 1.29 is 9.90 Å². The van der Waals surface area contributed by atoms with E-state index in [1.807, 2.05) is 65.0 Å². The number of aromatic nitrogens is 1. The number of aromatic carboxylic acids is 1. The van der Waals surface area contributed by atoms with Crippen LogP contribution in [0.1, 0.15) is 53.6 Å². The van der Waals surface area contributed by atoms with Crippen LogP contribution in [0.15, 0.2) is 30.3 Å². The summed E-state index contributed by atoms with van der Waals surface area (Å²) in [7, 11) is 0.